The molecule has 2 amide bonds. The van der Waals surface area contributed by atoms with E-state index in [9.17, 15) is 14.4 Å². The summed E-state index contributed by atoms with van der Waals surface area (Å²) in [6, 6.07) is 6.34. The molecule has 0 saturated heterocycles. The Hall–Kier alpha value is -3.36. The van der Waals surface area contributed by atoms with Crippen molar-refractivity contribution in [1.82, 2.24) is 15.1 Å². The summed E-state index contributed by atoms with van der Waals surface area (Å²) in [7, 11) is 1.30. The predicted molar refractivity (Wildman–Crippen MR) is 105 cm³/mol. The molecular weight excluding hydrogens is 376 g/mol. The van der Waals surface area contributed by atoms with Gasteiger partial charge in [-0.3, -0.25) is 9.89 Å². The van der Waals surface area contributed by atoms with Gasteiger partial charge in [0.25, 0.3) is 5.91 Å². The number of rotatable bonds is 3. The van der Waals surface area contributed by atoms with E-state index in [2.05, 4.69) is 20.3 Å². The number of nitrogens with one attached hydrogen (secondary N) is 2. The van der Waals surface area contributed by atoms with Gasteiger partial charge in [-0.25, -0.2) is 9.59 Å². The van der Waals surface area contributed by atoms with Crippen LogP contribution in [0, 0.1) is 0 Å². The molecule has 2 heterocycles. The van der Waals surface area contributed by atoms with Crippen LogP contribution in [-0.2, 0) is 22.4 Å². The number of anilines is 1. The van der Waals surface area contributed by atoms with Crippen LogP contribution in [0.15, 0.2) is 24.3 Å². The van der Waals surface area contributed by atoms with Gasteiger partial charge in [0.2, 0.25) is 0 Å². The Morgan fingerprint density at radius 3 is 2.48 bits per heavy atom. The quantitative estimate of drug-likeness (QED) is 0.766. The number of nitrogens with zero attached hydrogens (tertiary/aromatic N) is 2. The smallest absolute Gasteiger partial charge is 0.410 e. The van der Waals surface area contributed by atoms with Gasteiger partial charge < -0.3 is 19.7 Å². The molecule has 9 nitrogen and oxygen atoms in total. The van der Waals surface area contributed by atoms with Crippen LogP contribution in [-0.4, -0.2) is 52.3 Å². The maximum absolute atomic E-state index is 12.7. The number of methoxy groups -OCH3 is 1. The van der Waals surface area contributed by atoms with Crippen molar-refractivity contribution >= 4 is 23.7 Å². The first-order valence-corrected chi connectivity index (χ1v) is 9.21. The van der Waals surface area contributed by atoms with Gasteiger partial charge in [0.15, 0.2) is 5.69 Å². The Balaban J connectivity index is 1.72. The van der Waals surface area contributed by atoms with Crippen molar-refractivity contribution in [3.8, 4) is 0 Å². The van der Waals surface area contributed by atoms with E-state index in [1.165, 1.54) is 7.11 Å². The van der Waals surface area contributed by atoms with Gasteiger partial charge in [0.05, 0.1) is 19.2 Å². The number of ether oxygens (including phenoxy) is 2. The summed E-state index contributed by atoms with van der Waals surface area (Å²) >= 11 is 0. The lowest BCUT2D eigenvalue weighted by Crippen LogP contribution is -2.40. The number of hydrogen-bond acceptors (Lipinski definition) is 6. The molecule has 154 valence electrons. The lowest BCUT2D eigenvalue weighted by molar-refractivity contribution is 0.0222. The minimum atomic E-state index is -0.593. The standard InChI is InChI=1S/C20H24N4O5/c1-20(2,3)29-19(27)24-10-9-15-14(11-24)16(23-22-15)17(25)21-13-7-5-12(6-8-13)18(26)28-4/h5-8H,9-11H2,1-4H3,(H,21,25)(H,22,23). The third-order valence-corrected chi connectivity index (χ3v) is 4.36. The van der Waals surface area contributed by atoms with Crippen LogP contribution >= 0.6 is 0 Å². The molecule has 2 aromatic rings. The summed E-state index contributed by atoms with van der Waals surface area (Å²) in [5, 5.41) is 9.77. The van der Waals surface area contributed by atoms with E-state index in [-0.39, 0.29) is 12.2 Å². The number of carbonyl (C=O) groups is 3. The molecule has 1 aliphatic rings. The van der Waals surface area contributed by atoms with Crippen molar-refractivity contribution in [3.63, 3.8) is 0 Å². The van der Waals surface area contributed by atoms with E-state index < -0.39 is 23.6 Å². The summed E-state index contributed by atoms with van der Waals surface area (Å²) in [5.41, 5.74) is 2.03. The highest BCUT2D eigenvalue weighted by Crippen LogP contribution is 2.23. The number of amides is 2. The number of carbonyl (C=O) groups excluding carboxylic acids is 3. The molecule has 1 aromatic carbocycles. The highest BCUT2D eigenvalue weighted by Gasteiger charge is 2.30. The normalized spacial score (nSPS) is 13.4. The van der Waals surface area contributed by atoms with E-state index in [0.717, 1.165) is 5.69 Å². The van der Waals surface area contributed by atoms with Crippen molar-refractivity contribution in [2.75, 3.05) is 19.0 Å². The molecule has 0 unspecified atom stereocenters. The van der Waals surface area contributed by atoms with E-state index in [1.54, 1.807) is 29.2 Å². The molecule has 0 saturated carbocycles. The molecule has 0 spiro atoms. The number of esters is 1. The monoisotopic (exact) mass is 400 g/mol. The fourth-order valence-corrected chi connectivity index (χ4v) is 2.96. The van der Waals surface area contributed by atoms with E-state index >= 15 is 0 Å². The number of benzene rings is 1. The number of aromatic nitrogens is 2. The average Bonchev–Trinajstić information content (AvgIpc) is 3.10. The molecule has 0 fully saturated rings. The van der Waals surface area contributed by atoms with Crippen molar-refractivity contribution < 1.29 is 23.9 Å². The van der Waals surface area contributed by atoms with Gasteiger partial charge in [-0.1, -0.05) is 0 Å². The van der Waals surface area contributed by atoms with E-state index in [1.807, 2.05) is 20.8 Å². The lowest BCUT2D eigenvalue weighted by Gasteiger charge is -2.30. The Labute approximate surface area is 168 Å². The molecule has 0 aliphatic carbocycles. The Kier molecular flexibility index (Phi) is 5.58. The molecule has 0 bridgehead atoms. The fourth-order valence-electron chi connectivity index (χ4n) is 2.96. The van der Waals surface area contributed by atoms with Gasteiger partial charge in [-0.15, -0.1) is 0 Å². The van der Waals surface area contributed by atoms with Crippen LogP contribution < -0.4 is 5.32 Å². The first-order valence-electron chi connectivity index (χ1n) is 9.21. The molecule has 9 heteroatoms. The van der Waals surface area contributed by atoms with Crippen LogP contribution in [0.5, 0.6) is 0 Å². The first kappa shape index (κ1) is 20.4. The third kappa shape index (κ3) is 4.74. The second-order valence-corrected chi connectivity index (χ2v) is 7.70. The second-order valence-electron chi connectivity index (χ2n) is 7.70. The summed E-state index contributed by atoms with van der Waals surface area (Å²) in [6.45, 7) is 6.15. The fraction of sp³-hybridized carbons (Fsp3) is 0.400. The molecular formula is C20H24N4O5. The zero-order chi connectivity index (χ0) is 21.2. The average molecular weight is 400 g/mol. The van der Waals surface area contributed by atoms with Gasteiger partial charge in [0, 0.05) is 29.9 Å². The number of hydrogen-bond donors (Lipinski definition) is 2. The molecule has 0 atom stereocenters. The Morgan fingerprint density at radius 2 is 1.86 bits per heavy atom. The Bertz CT molecular complexity index is 927. The third-order valence-electron chi connectivity index (χ3n) is 4.36. The lowest BCUT2D eigenvalue weighted by atomic mass is 10.1. The van der Waals surface area contributed by atoms with Crippen LogP contribution in [0.3, 0.4) is 0 Å². The molecule has 1 aliphatic heterocycles. The van der Waals surface area contributed by atoms with Gasteiger partial charge >= 0.3 is 12.1 Å². The highest BCUT2D eigenvalue weighted by molar-refractivity contribution is 6.04. The second kappa shape index (κ2) is 7.94. The summed E-state index contributed by atoms with van der Waals surface area (Å²) in [4.78, 5) is 38.1. The SMILES string of the molecule is COC(=O)c1ccc(NC(=O)c2n[nH]c3c2CN(C(=O)OC(C)(C)C)CC3)cc1. The zero-order valence-corrected chi connectivity index (χ0v) is 16.9. The van der Waals surface area contributed by atoms with Crippen molar-refractivity contribution in [1.29, 1.82) is 0 Å². The number of fused-ring (bicyclic) bond motifs is 1. The van der Waals surface area contributed by atoms with Crippen LogP contribution in [0.2, 0.25) is 0 Å². The van der Waals surface area contributed by atoms with E-state index in [0.29, 0.717) is 29.8 Å². The van der Waals surface area contributed by atoms with Crippen LogP contribution in [0.1, 0.15) is 52.9 Å². The maximum atomic E-state index is 12.7. The molecule has 1 aromatic heterocycles. The predicted octanol–water partition coefficient (Wildman–Crippen LogP) is 2.74. The maximum Gasteiger partial charge on any atom is 0.410 e. The van der Waals surface area contributed by atoms with Crippen molar-refractivity contribution in [3.05, 3.63) is 46.8 Å². The van der Waals surface area contributed by atoms with Crippen LogP contribution in [0.4, 0.5) is 10.5 Å². The molecule has 0 radical (unpaired) electrons. The summed E-state index contributed by atoms with van der Waals surface area (Å²) in [6.07, 6.45) is 0.136. The molecule has 2 N–H and O–H groups in total. The number of aromatic amines is 1. The minimum Gasteiger partial charge on any atom is -0.465 e. The van der Waals surface area contributed by atoms with Crippen LogP contribution in [0.25, 0.3) is 0 Å². The molecule has 29 heavy (non-hydrogen) atoms. The Morgan fingerprint density at radius 1 is 1.17 bits per heavy atom. The molecule has 3 rings (SSSR count). The largest absolute Gasteiger partial charge is 0.465 e. The topological polar surface area (TPSA) is 114 Å². The zero-order valence-electron chi connectivity index (χ0n) is 16.9. The van der Waals surface area contributed by atoms with Gasteiger partial charge in [-0.05, 0) is 45.0 Å². The van der Waals surface area contributed by atoms with Gasteiger partial charge in [-0.2, -0.15) is 5.10 Å². The van der Waals surface area contributed by atoms with Gasteiger partial charge in [0.1, 0.15) is 5.60 Å². The summed E-state index contributed by atoms with van der Waals surface area (Å²) < 4.78 is 10.1. The minimum absolute atomic E-state index is 0.227. The number of H-pyrrole nitrogens is 1. The van der Waals surface area contributed by atoms with E-state index in [4.69, 9.17) is 4.74 Å². The highest BCUT2D eigenvalue weighted by atomic mass is 16.6. The first-order chi connectivity index (χ1) is 13.7. The van der Waals surface area contributed by atoms with Crippen molar-refractivity contribution in [2.24, 2.45) is 0 Å². The van der Waals surface area contributed by atoms with Crippen molar-refractivity contribution in [2.45, 2.75) is 39.3 Å². The summed E-state index contributed by atoms with van der Waals surface area (Å²) in [5.74, 6) is -0.856.